The van der Waals surface area contributed by atoms with Gasteiger partial charge in [0.2, 0.25) is 5.91 Å². The molecule has 2 aromatic rings. The first-order chi connectivity index (χ1) is 20.7. The molecule has 0 aliphatic heterocycles. The Bertz CT molecular complexity index is 1220. The van der Waals surface area contributed by atoms with Crippen LogP contribution in [0, 0.1) is 0 Å². The third-order valence-electron chi connectivity index (χ3n) is 6.31. The molecule has 0 aliphatic carbocycles. The zero-order chi connectivity index (χ0) is 32.9. The number of halogens is 3. The molecule has 0 bridgehead atoms. The number of carbonyl (C=O) groups excluding carboxylic acids is 3. The molecule has 0 unspecified atom stereocenters. The Morgan fingerprint density at radius 1 is 0.818 bits per heavy atom. The van der Waals surface area contributed by atoms with Crippen molar-refractivity contribution in [2.75, 3.05) is 6.61 Å². The molecule has 6 atom stereocenters. The van der Waals surface area contributed by atoms with E-state index in [4.69, 9.17) is 4.74 Å². The molecule has 0 fully saturated rings. The highest BCUT2D eigenvalue weighted by atomic mass is 19.4. The number of carboxylic acid groups (broad SMARTS) is 1. The van der Waals surface area contributed by atoms with Gasteiger partial charge in [-0.1, -0.05) is 60.7 Å². The molecule has 0 radical (unpaired) electrons. The number of aliphatic carboxylic acids is 1. The number of rotatable bonds is 16. The number of hydrogen-bond donors (Lipinski definition) is 8. The van der Waals surface area contributed by atoms with Gasteiger partial charge in [-0.2, -0.15) is 13.2 Å². The number of benzene rings is 2. The minimum atomic E-state index is -4.71. The lowest BCUT2D eigenvalue weighted by Crippen LogP contribution is -2.59. The van der Waals surface area contributed by atoms with E-state index in [2.05, 4.69) is 5.32 Å². The number of nitrogens with one attached hydrogen (secondary N) is 3. The van der Waals surface area contributed by atoms with E-state index in [0.717, 1.165) is 0 Å². The lowest BCUT2D eigenvalue weighted by atomic mass is 9.98. The predicted molar refractivity (Wildman–Crippen MR) is 145 cm³/mol. The summed E-state index contributed by atoms with van der Waals surface area (Å²) in [6, 6.07) is 11.2. The smallest absolute Gasteiger partial charge is 0.408 e. The molecule has 0 saturated carbocycles. The Kier molecular flexibility index (Phi) is 14.0. The van der Waals surface area contributed by atoms with E-state index in [-0.39, 0.29) is 6.61 Å². The van der Waals surface area contributed by atoms with Gasteiger partial charge in [0.25, 0.3) is 5.91 Å². The number of alkyl halides is 3. The van der Waals surface area contributed by atoms with Gasteiger partial charge in [-0.15, -0.1) is 0 Å². The summed E-state index contributed by atoms with van der Waals surface area (Å²) in [6.07, 6.45) is -16.0. The van der Waals surface area contributed by atoms with Crippen molar-refractivity contribution in [3.05, 3.63) is 71.8 Å². The van der Waals surface area contributed by atoms with Crippen molar-refractivity contribution in [2.24, 2.45) is 0 Å². The van der Waals surface area contributed by atoms with Crippen LogP contribution in [0.15, 0.2) is 60.7 Å². The molecule has 0 saturated heterocycles. The second kappa shape index (κ2) is 17.1. The summed E-state index contributed by atoms with van der Waals surface area (Å²) in [5.74, 6) is -3.91. The molecule has 2 rings (SSSR count). The third kappa shape index (κ3) is 12.2. The number of aliphatic hydroxyl groups excluding tert-OH is 4. The third-order valence-corrected chi connectivity index (χ3v) is 6.31. The van der Waals surface area contributed by atoms with Gasteiger partial charge in [-0.05, 0) is 17.5 Å². The lowest BCUT2D eigenvalue weighted by Gasteiger charge is -2.30. The maximum absolute atomic E-state index is 12.9. The van der Waals surface area contributed by atoms with Gasteiger partial charge in [-0.25, -0.2) is 4.79 Å². The molecule has 0 spiro atoms. The van der Waals surface area contributed by atoms with Crippen LogP contribution in [0.1, 0.15) is 36.4 Å². The van der Waals surface area contributed by atoms with E-state index in [0.29, 0.717) is 11.1 Å². The minimum absolute atomic E-state index is 0.262. The number of alkyl carbamates (subject to hydrolysis) is 1. The summed E-state index contributed by atoms with van der Waals surface area (Å²) in [5, 5.41) is 56.4. The SMILES string of the molecule is O=C(O)C[C@H](NC(=O)[C@@H](O)[C@H](O)[C@H](O)[C@H](CO)NC(=O)[C@H](CCC(F)(F)F)NC(=O)OCc1ccccc1)c1ccccc1. The first-order valence-electron chi connectivity index (χ1n) is 13.3. The van der Waals surface area contributed by atoms with E-state index in [9.17, 15) is 57.9 Å². The summed E-state index contributed by atoms with van der Waals surface area (Å²) < 4.78 is 43.6. The summed E-state index contributed by atoms with van der Waals surface area (Å²) in [5.41, 5.74) is 0.905. The lowest BCUT2D eigenvalue weighted by molar-refractivity contribution is -0.145. The molecule has 13 nitrogen and oxygen atoms in total. The molecule has 0 heterocycles. The predicted octanol–water partition coefficient (Wildman–Crippen LogP) is 0.516. The van der Waals surface area contributed by atoms with Crippen molar-refractivity contribution in [3.8, 4) is 0 Å². The minimum Gasteiger partial charge on any atom is -0.481 e. The van der Waals surface area contributed by atoms with Crippen LogP contribution in [0.2, 0.25) is 0 Å². The van der Waals surface area contributed by atoms with Gasteiger partial charge >= 0.3 is 18.2 Å². The zero-order valence-electron chi connectivity index (χ0n) is 23.2. The molecule has 3 amide bonds. The quantitative estimate of drug-likeness (QED) is 0.129. The average Bonchev–Trinajstić information content (AvgIpc) is 2.99. The Morgan fingerprint density at radius 2 is 1.41 bits per heavy atom. The van der Waals surface area contributed by atoms with Crippen molar-refractivity contribution >= 4 is 23.9 Å². The zero-order valence-corrected chi connectivity index (χ0v) is 23.2. The number of amides is 3. The van der Waals surface area contributed by atoms with Crippen LogP contribution in [-0.4, -0.2) is 92.6 Å². The molecule has 8 N–H and O–H groups in total. The summed E-state index contributed by atoms with van der Waals surface area (Å²) >= 11 is 0. The second-order valence-electron chi connectivity index (χ2n) is 9.71. The highest BCUT2D eigenvalue weighted by Gasteiger charge is 2.38. The second-order valence-corrected chi connectivity index (χ2v) is 9.71. The van der Waals surface area contributed by atoms with Crippen molar-refractivity contribution in [1.29, 1.82) is 0 Å². The van der Waals surface area contributed by atoms with Gasteiger partial charge < -0.3 is 46.2 Å². The Hall–Kier alpha value is -4.25. The van der Waals surface area contributed by atoms with Gasteiger partial charge in [0, 0.05) is 6.42 Å². The Labute approximate surface area is 249 Å². The standard InChI is InChI=1S/C28H34F3N3O10/c29-28(30,31)12-11-18(34-27(43)44-15-16-7-3-1-4-8-16)25(41)33-20(14-35)22(38)23(39)24(40)26(42)32-19(13-21(36)37)17-9-5-2-6-10-17/h1-10,18-20,22-24,35,38-40H,11-15H2,(H,32,42)(H,33,41)(H,34,43)(H,36,37)/t18-,19-,20-,22+,23+,24-/m0/s1. The summed E-state index contributed by atoms with van der Waals surface area (Å²) in [4.78, 5) is 48.9. The Morgan fingerprint density at radius 3 is 1.95 bits per heavy atom. The molecule has 2 aromatic carbocycles. The summed E-state index contributed by atoms with van der Waals surface area (Å²) in [6.45, 7) is -1.38. The van der Waals surface area contributed by atoms with E-state index in [1.807, 2.05) is 10.6 Å². The van der Waals surface area contributed by atoms with Crippen LogP contribution in [-0.2, 0) is 25.7 Å². The largest absolute Gasteiger partial charge is 0.481 e. The van der Waals surface area contributed by atoms with Crippen LogP contribution >= 0.6 is 0 Å². The molecule has 0 aliphatic rings. The fourth-order valence-corrected chi connectivity index (χ4v) is 3.96. The van der Waals surface area contributed by atoms with Gasteiger partial charge in [0.1, 0.15) is 24.9 Å². The monoisotopic (exact) mass is 629 g/mol. The maximum atomic E-state index is 12.9. The van der Waals surface area contributed by atoms with E-state index >= 15 is 0 Å². The maximum Gasteiger partial charge on any atom is 0.408 e. The average molecular weight is 630 g/mol. The van der Waals surface area contributed by atoms with Crippen LogP contribution in [0.25, 0.3) is 0 Å². The first-order valence-corrected chi connectivity index (χ1v) is 13.3. The highest BCUT2D eigenvalue weighted by Crippen LogP contribution is 2.23. The van der Waals surface area contributed by atoms with Crippen LogP contribution in [0.3, 0.4) is 0 Å². The molecular weight excluding hydrogens is 595 g/mol. The van der Waals surface area contributed by atoms with E-state index in [1.165, 1.54) is 12.1 Å². The van der Waals surface area contributed by atoms with Crippen molar-refractivity contribution in [2.45, 2.75) is 68.5 Å². The number of carbonyl (C=O) groups is 4. The van der Waals surface area contributed by atoms with Gasteiger partial charge in [-0.3, -0.25) is 14.4 Å². The molecule has 16 heteroatoms. The van der Waals surface area contributed by atoms with Crippen LogP contribution in [0.5, 0.6) is 0 Å². The fraction of sp³-hybridized carbons (Fsp3) is 0.429. The topological polar surface area (TPSA) is 215 Å². The van der Waals surface area contributed by atoms with Crippen molar-refractivity contribution in [3.63, 3.8) is 0 Å². The van der Waals surface area contributed by atoms with Crippen molar-refractivity contribution in [1.82, 2.24) is 16.0 Å². The highest BCUT2D eigenvalue weighted by molar-refractivity contribution is 5.86. The molecule has 0 aromatic heterocycles. The number of hydrogen-bond acceptors (Lipinski definition) is 9. The van der Waals surface area contributed by atoms with Crippen LogP contribution < -0.4 is 16.0 Å². The van der Waals surface area contributed by atoms with Gasteiger partial charge in [0.15, 0.2) is 6.10 Å². The van der Waals surface area contributed by atoms with E-state index < -0.39 is 92.4 Å². The van der Waals surface area contributed by atoms with E-state index in [1.54, 1.807) is 48.5 Å². The molecule has 242 valence electrons. The first kappa shape index (κ1) is 35.9. The molecular formula is C28H34F3N3O10. The van der Waals surface area contributed by atoms with Gasteiger partial charge in [0.05, 0.1) is 25.1 Å². The number of ether oxygens (including phenoxy) is 1. The van der Waals surface area contributed by atoms with Crippen LogP contribution in [0.4, 0.5) is 18.0 Å². The normalized spacial score (nSPS) is 15.5. The number of carboxylic acids is 1. The number of aliphatic hydroxyl groups is 4. The summed E-state index contributed by atoms with van der Waals surface area (Å²) in [7, 11) is 0. The fourth-order valence-electron chi connectivity index (χ4n) is 3.96. The van der Waals surface area contributed by atoms with Crippen molar-refractivity contribution < 1.29 is 62.6 Å². The Balaban J connectivity index is 2.08. The molecule has 44 heavy (non-hydrogen) atoms.